The van der Waals surface area contributed by atoms with E-state index in [4.69, 9.17) is 0 Å². The lowest BCUT2D eigenvalue weighted by molar-refractivity contribution is 0.199. The van der Waals surface area contributed by atoms with Crippen LogP contribution in [0.15, 0.2) is 24.3 Å². The second kappa shape index (κ2) is 6.40. The molecular weight excluding hydrogens is 236 g/mol. The summed E-state index contributed by atoms with van der Waals surface area (Å²) in [7, 11) is 0. The highest BCUT2D eigenvalue weighted by Crippen LogP contribution is 2.24. The fourth-order valence-corrected chi connectivity index (χ4v) is 2.98. The van der Waals surface area contributed by atoms with E-state index in [1.807, 2.05) is 12.1 Å². The largest absolute Gasteiger partial charge is 0.389 e. The first-order chi connectivity index (χ1) is 9.15. The Morgan fingerprint density at radius 2 is 1.89 bits per heavy atom. The molecule has 2 atom stereocenters. The average Bonchev–Trinajstić information content (AvgIpc) is 2.90. The van der Waals surface area contributed by atoms with Crippen LogP contribution < -0.4 is 4.90 Å². The Hall–Kier alpha value is -1.06. The molecule has 1 aromatic rings. The van der Waals surface area contributed by atoms with Crippen molar-refractivity contribution in [3.8, 4) is 0 Å². The standard InChI is InChI=1S/C16H26N2O/c1-4-17(5-2)16-10-11-18(12-16)15-8-6-14(7-9-15)13(3)19/h6-9,13,16,19H,4-5,10-12H2,1-3H3/t13-,16?/m0/s1. The maximum absolute atomic E-state index is 9.54. The molecule has 2 rings (SSSR count). The molecule has 3 nitrogen and oxygen atoms in total. The molecule has 106 valence electrons. The average molecular weight is 262 g/mol. The van der Waals surface area contributed by atoms with Gasteiger partial charge in [-0.3, -0.25) is 4.90 Å². The van der Waals surface area contributed by atoms with Crippen molar-refractivity contribution in [2.75, 3.05) is 31.1 Å². The number of hydrogen-bond acceptors (Lipinski definition) is 3. The zero-order valence-corrected chi connectivity index (χ0v) is 12.3. The third-order valence-electron chi connectivity index (χ3n) is 4.23. The third-order valence-corrected chi connectivity index (χ3v) is 4.23. The summed E-state index contributed by atoms with van der Waals surface area (Å²) in [6.45, 7) is 10.8. The van der Waals surface area contributed by atoms with Crippen LogP contribution in [-0.2, 0) is 0 Å². The Morgan fingerprint density at radius 3 is 2.42 bits per heavy atom. The van der Waals surface area contributed by atoms with Gasteiger partial charge in [-0.15, -0.1) is 0 Å². The number of aliphatic hydroxyl groups is 1. The van der Waals surface area contributed by atoms with Gasteiger partial charge in [-0.25, -0.2) is 0 Å². The van der Waals surface area contributed by atoms with Gasteiger partial charge in [0.25, 0.3) is 0 Å². The number of nitrogens with zero attached hydrogens (tertiary/aromatic N) is 2. The summed E-state index contributed by atoms with van der Waals surface area (Å²) in [5.41, 5.74) is 2.27. The van der Waals surface area contributed by atoms with Gasteiger partial charge in [0.05, 0.1) is 6.10 Å². The maximum atomic E-state index is 9.54. The van der Waals surface area contributed by atoms with Gasteiger partial charge in [0.15, 0.2) is 0 Å². The van der Waals surface area contributed by atoms with Crippen molar-refractivity contribution in [2.24, 2.45) is 0 Å². The predicted octanol–water partition coefficient (Wildman–Crippen LogP) is 2.66. The molecule has 1 unspecified atom stereocenters. The van der Waals surface area contributed by atoms with E-state index < -0.39 is 0 Å². The van der Waals surface area contributed by atoms with Crippen molar-refractivity contribution in [3.05, 3.63) is 29.8 Å². The van der Waals surface area contributed by atoms with Crippen molar-refractivity contribution in [2.45, 2.75) is 39.3 Å². The number of aliphatic hydroxyl groups excluding tert-OH is 1. The first-order valence-corrected chi connectivity index (χ1v) is 7.42. The molecule has 0 aliphatic carbocycles. The minimum atomic E-state index is -0.379. The molecular formula is C16H26N2O. The molecule has 1 saturated heterocycles. The Morgan fingerprint density at radius 1 is 1.26 bits per heavy atom. The first-order valence-electron chi connectivity index (χ1n) is 7.42. The third kappa shape index (κ3) is 3.28. The Balaban J connectivity index is 2.00. The molecule has 0 aromatic heterocycles. The van der Waals surface area contributed by atoms with E-state index in [0.717, 1.165) is 31.7 Å². The molecule has 0 radical (unpaired) electrons. The molecule has 0 spiro atoms. The Kier molecular flexibility index (Phi) is 4.83. The monoisotopic (exact) mass is 262 g/mol. The summed E-state index contributed by atoms with van der Waals surface area (Å²) in [6.07, 6.45) is 0.871. The second-order valence-electron chi connectivity index (χ2n) is 5.38. The van der Waals surface area contributed by atoms with Crippen LogP contribution in [0.3, 0.4) is 0 Å². The fourth-order valence-electron chi connectivity index (χ4n) is 2.98. The highest BCUT2D eigenvalue weighted by atomic mass is 16.3. The van der Waals surface area contributed by atoms with Crippen molar-refractivity contribution in [1.29, 1.82) is 0 Å². The molecule has 1 N–H and O–H groups in total. The van der Waals surface area contributed by atoms with Crippen LogP contribution in [-0.4, -0.2) is 42.2 Å². The second-order valence-corrected chi connectivity index (χ2v) is 5.38. The van der Waals surface area contributed by atoms with Gasteiger partial charge in [0, 0.05) is 24.8 Å². The molecule has 1 aliphatic rings. The quantitative estimate of drug-likeness (QED) is 0.884. The predicted molar refractivity (Wildman–Crippen MR) is 80.6 cm³/mol. The van der Waals surface area contributed by atoms with Crippen molar-refractivity contribution in [3.63, 3.8) is 0 Å². The molecule has 1 aromatic carbocycles. The van der Waals surface area contributed by atoms with Crippen LogP contribution >= 0.6 is 0 Å². The Bertz CT molecular complexity index is 384. The molecule has 1 aliphatic heterocycles. The summed E-state index contributed by atoms with van der Waals surface area (Å²) >= 11 is 0. The topological polar surface area (TPSA) is 26.7 Å². The summed E-state index contributed by atoms with van der Waals surface area (Å²) < 4.78 is 0. The molecule has 19 heavy (non-hydrogen) atoms. The minimum absolute atomic E-state index is 0.379. The van der Waals surface area contributed by atoms with Gasteiger partial charge in [0.2, 0.25) is 0 Å². The lowest BCUT2D eigenvalue weighted by Gasteiger charge is -2.26. The van der Waals surface area contributed by atoms with Crippen LogP contribution in [0.2, 0.25) is 0 Å². The highest BCUT2D eigenvalue weighted by molar-refractivity contribution is 5.49. The van der Waals surface area contributed by atoms with Crippen LogP contribution in [0.4, 0.5) is 5.69 Å². The summed E-state index contributed by atoms with van der Waals surface area (Å²) in [5.74, 6) is 0. The fraction of sp³-hybridized carbons (Fsp3) is 0.625. The molecule has 0 bridgehead atoms. The molecule has 1 heterocycles. The van der Waals surface area contributed by atoms with E-state index in [-0.39, 0.29) is 6.10 Å². The number of anilines is 1. The van der Waals surface area contributed by atoms with E-state index >= 15 is 0 Å². The van der Waals surface area contributed by atoms with Gasteiger partial charge in [-0.1, -0.05) is 26.0 Å². The van der Waals surface area contributed by atoms with Gasteiger partial charge in [-0.05, 0) is 44.1 Å². The van der Waals surface area contributed by atoms with E-state index in [9.17, 15) is 5.11 Å². The molecule has 3 heteroatoms. The van der Waals surface area contributed by atoms with Crippen molar-refractivity contribution >= 4 is 5.69 Å². The van der Waals surface area contributed by atoms with E-state index in [1.165, 1.54) is 12.1 Å². The zero-order chi connectivity index (χ0) is 13.8. The zero-order valence-electron chi connectivity index (χ0n) is 12.3. The lowest BCUT2D eigenvalue weighted by atomic mass is 10.1. The lowest BCUT2D eigenvalue weighted by Crippen LogP contribution is -2.37. The SMILES string of the molecule is CCN(CC)C1CCN(c2ccc([C@H](C)O)cc2)C1. The maximum Gasteiger partial charge on any atom is 0.0761 e. The van der Waals surface area contributed by atoms with Crippen LogP contribution in [0.1, 0.15) is 38.9 Å². The van der Waals surface area contributed by atoms with Crippen LogP contribution in [0, 0.1) is 0 Å². The van der Waals surface area contributed by atoms with Gasteiger partial charge in [-0.2, -0.15) is 0 Å². The van der Waals surface area contributed by atoms with Crippen molar-refractivity contribution < 1.29 is 5.11 Å². The van der Waals surface area contributed by atoms with E-state index in [2.05, 4.69) is 35.8 Å². The van der Waals surface area contributed by atoms with Gasteiger partial charge >= 0.3 is 0 Å². The van der Waals surface area contributed by atoms with Gasteiger partial charge < -0.3 is 10.0 Å². The highest BCUT2D eigenvalue weighted by Gasteiger charge is 2.26. The molecule has 0 amide bonds. The number of hydrogen-bond donors (Lipinski definition) is 1. The summed E-state index contributed by atoms with van der Waals surface area (Å²) in [6, 6.07) is 9.01. The number of benzene rings is 1. The van der Waals surface area contributed by atoms with E-state index in [0.29, 0.717) is 6.04 Å². The summed E-state index contributed by atoms with van der Waals surface area (Å²) in [4.78, 5) is 5.00. The smallest absolute Gasteiger partial charge is 0.0761 e. The van der Waals surface area contributed by atoms with E-state index in [1.54, 1.807) is 6.92 Å². The summed E-state index contributed by atoms with van der Waals surface area (Å²) in [5, 5.41) is 9.54. The Labute approximate surface area is 116 Å². The van der Waals surface area contributed by atoms with Crippen molar-refractivity contribution in [1.82, 2.24) is 4.90 Å². The van der Waals surface area contributed by atoms with Crippen LogP contribution in [0.25, 0.3) is 0 Å². The minimum Gasteiger partial charge on any atom is -0.389 e. The first kappa shape index (κ1) is 14.4. The molecule has 1 fully saturated rings. The van der Waals surface area contributed by atoms with Gasteiger partial charge in [0.1, 0.15) is 0 Å². The number of likely N-dealkylation sites (N-methyl/N-ethyl adjacent to an activating group) is 1. The van der Waals surface area contributed by atoms with Crippen LogP contribution in [0.5, 0.6) is 0 Å². The number of rotatable bonds is 5. The normalized spacial score (nSPS) is 21.1. The molecule has 0 saturated carbocycles.